The number of nitrogens with one attached hydrogen (secondary N) is 1. The highest BCUT2D eigenvalue weighted by molar-refractivity contribution is 8.01. The first-order chi connectivity index (χ1) is 12.2. The number of benzene rings is 1. The van der Waals surface area contributed by atoms with Gasteiger partial charge in [-0.2, -0.15) is 0 Å². The zero-order valence-corrected chi connectivity index (χ0v) is 16.3. The van der Waals surface area contributed by atoms with Crippen molar-refractivity contribution >= 4 is 40.4 Å². The zero-order chi connectivity index (χ0) is 18.7. The van der Waals surface area contributed by atoms with E-state index in [9.17, 15) is 9.59 Å². The van der Waals surface area contributed by atoms with Crippen molar-refractivity contribution in [2.45, 2.75) is 56.9 Å². The summed E-state index contributed by atoms with van der Waals surface area (Å²) in [4.78, 5) is 31.1. The highest BCUT2D eigenvalue weighted by Crippen LogP contribution is 2.47. The Kier molecular flexibility index (Phi) is 3.84. The van der Waals surface area contributed by atoms with Gasteiger partial charge in [0.25, 0.3) is 0 Å². The van der Waals surface area contributed by atoms with Crippen LogP contribution < -0.4 is 5.32 Å². The predicted molar refractivity (Wildman–Crippen MR) is 102 cm³/mol. The van der Waals surface area contributed by atoms with Crippen molar-refractivity contribution in [3.05, 3.63) is 24.1 Å². The number of anilines is 1. The molecular weight excluding hydrogens is 350 g/mol. The third kappa shape index (κ3) is 2.78. The van der Waals surface area contributed by atoms with Gasteiger partial charge in [0.05, 0.1) is 4.87 Å². The van der Waals surface area contributed by atoms with Crippen LogP contribution in [0.4, 0.5) is 5.69 Å². The number of thioether (sulfide) groups is 1. The van der Waals surface area contributed by atoms with Gasteiger partial charge < -0.3 is 14.6 Å². The zero-order valence-electron chi connectivity index (χ0n) is 15.5. The quantitative estimate of drug-likeness (QED) is 0.872. The summed E-state index contributed by atoms with van der Waals surface area (Å²) in [6.07, 6.45) is 1.33. The van der Waals surface area contributed by atoms with Crippen LogP contribution >= 0.6 is 11.8 Å². The molecule has 6 nitrogen and oxygen atoms in total. The molecule has 0 spiro atoms. The van der Waals surface area contributed by atoms with Crippen molar-refractivity contribution < 1.29 is 14.0 Å². The van der Waals surface area contributed by atoms with Crippen LogP contribution in [0, 0.1) is 0 Å². The third-order valence-corrected chi connectivity index (χ3v) is 6.55. The van der Waals surface area contributed by atoms with Gasteiger partial charge in [0, 0.05) is 23.3 Å². The summed E-state index contributed by atoms with van der Waals surface area (Å²) in [5.41, 5.74) is 1.91. The molecule has 0 bridgehead atoms. The molecule has 1 aromatic carbocycles. The van der Waals surface area contributed by atoms with E-state index in [-0.39, 0.29) is 22.1 Å². The first kappa shape index (κ1) is 17.4. The van der Waals surface area contributed by atoms with E-state index in [4.69, 9.17) is 4.42 Å². The van der Waals surface area contributed by atoms with Crippen molar-refractivity contribution in [1.29, 1.82) is 0 Å². The largest absolute Gasteiger partial charge is 0.440 e. The van der Waals surface area contributed by atoms with Gasteiger partial charge in [0.1, 0.15) is 11.6 Å². The lowest BCUT2D eigenvalue weighted by molar-refractivity contribution is -0.135. The summed E-state index contributed by atoms with van der Waals surface area (Å²) >= 11 is 1.69. The molecule has 2 aliphatic rings. The molecule has 0 saturated carbocycles. The van der Waals surface area contributed by atoms with E-state index in [1.165, 1.54) is 0 Å². The maximum atomic E-state index is 12.8. The van der Waals surface area contributed by atoms with E-state index < -0.39 is 6.04 Å². The van der Waals surface area contributed by atoms with E-state index in [2.05, 4.69) is 10.3 Å². The van der Waals surface area contributed by atoms with E-state index in [1.54, 1.807) is 16.7 Å². The number of fused-ring (bicyclic) bond motifs is 2. The maximum Gasteiger partial charge on any atom is 0.248 e. The predicted octanol–water partition coefficient (Wildman–Crippen LogP) is 3.52. The van der Waals surface area contributed by atoms with Gasteiger partial charge >= 0.3 is 0 Å². The summed E-state index contributed by atoms with van der Waals surface area (Å²) in [5, 5.41) is 2.95. The number of nitrogens with zero attached hydrogens (tertiary/aromatic N) is 2. The van der Waals surface area contributed by atoms with Gasteiger partial charge in [-0.1, -0.05) is 20.8 Å². The fourth-order valence-corrected chi connectivity index (χ4v) is 5.00. The molecule has 26 heavy (non-hydrogen) atoms. The molecule has 2 atom stereocenters. The molecule has 2 fully saturated rings. The molecule has 1 aromatic heterocycles. The summed E-state index contributed by atoms with van der Waals surface area (Å²) in [5.74, 6) is 1.23. The normalized spacial score (nSPS) is 25.8. The van der Waals surface area contributed by atoms with Crippen molar-refractivity contribution in [2.24, 2.45) is 0 Å². The van der Waals surface area contributed by atoms with Gasteiger partial charge in [0.2, 0.25) is 17.7 Å². The third-order valence-electron chi connectivity index (χ3n) is 5.04. The molecule has 0 aliphatic carbocycles. The molecule has 138 valence electrons. The lowest BCUT2D eigenvalue weighted by Gasteiger charge is -2.29. The number of oxazole rings is 1. The number of hydrogen-bond donors (Lipinski definition) is 1. The number of amides is 2. The highest BCUT2D eigenvalue weighted by Gasteiger charge is 2.52. The smallest absolute Gasteiger partial charge is 0.248 e. The Bertz CT molecular complexity index is 901. The first-order valence-corrected chi connectivity index (χ1v) is 9.84. The standard InChI is InChI=1S/C19H23N3O3S/c1-18(2,3)17-21-12-9-11(5-6-14(12)25-17)20-16(24)13-10-26-19(4)8-7-15(23)22(13)19/h5-6,9,13H,7-8,10H2,1-4H3,(H,20,24)/t13-,19+/m0/s1. The maximum absolute atomic E-state index is 12.8. The fourth-order valence-electron chi connectivity index (χ4n) is 3.57. The van der Waals surface area contributed by atoms with E-state index in [0.29, 0.717) is 29.3 Å². The molecule has 3 heterocycles. The molecular formula is C19H23N3O3S. The summed E-state index contributed by atoms with van der Waals surface area (Å²) < 4.78 is 5.80. The SMILES string of the molecule is CC(C)(C)c1nc2cc(NC(=O)[C@@H]3CS[C@]4(C)CCC(=O)N34)ccc2o1. The molecule has 2 saturated heterocycles. The molecule has 7 heteroatoms. The van der Waals surface area contributed by atoms with E-state index in [0.717, 1.165) is 11.9 Å². The molecule has 4 rings (SSSR count). The number of carbonyl (C=O) groups is 2. The second-order valence-corrected chi connectivity index (χ2v) is 9.71. The Morgan fingerprint density at radius 3 is 2.92 bits per heavy atom. The fraction of sp³-hybridized carbons (Fsp3) is 0.526. The summed E-state index contributed by atoms with van der Waals surface area (Å²) in [6.45, 7) is 8.18. The van der Waals surface area contributed by atoms with Crippen LogP contribution in [0.25, 0.3) is 11.1 Å². The monoisotopic (exact) mass is 373 g/mol. The lowest BCUT2D eigenvalue weighted by atomic mass is 9.97. The highest BCUT2D eigenvalue weighted by atomic mass is 32.2. The number of carbonyl (C=O) groups excluding carboxylic acids is 2. The molecule has 0 radical (unpaired) electrons. The Balaban J connectivity index is 1.55. The van der Waals surface area contributed by atoms with Gasteiger partial charge in [-0.25, -0.2) is 4.98 Å². The van der Waals surface area contributed by atoms with Crippen molar-refractivity contribution in [2.75, 3.05) is 11.1 Å². The van der Waals surface area contributed by atoms with Crippen LogP contribution in [-0.2, 0) is 15.0 Å². The average Bonchev–Trinajstić information content (AvgIpc) is 3.20. The van der Waals surface area contributed by atoms with Crippen molar-refractivity contribution in [1.82, 2.24) is 9.88 Å². The van der Waals surface area contributed by atoms with Gasteiger partial charge in [-0.15, -0.1) is 11.8 Å². The number of rotatable bonds is 2. The van der Waals surface area contributed by atoms with Crippen molar-refractivity contribution in [3.8, 4) is 0 Å². The molecule has 2 aromatic rings. The topological polar surface area (TPSA) is 75.4 Å². The second kappa shape index (κ2) is 5.74. The Hall–Kier alpha value is -2.02. The van der Waals surface area contributed by atoms with Crippen LogP contribution in [0.1, 0.15) is 46.4 Å². The van der Waals surface area contributed by atoms with Gasteiger partial charge in [0.15, 0.2) is 5.58 Å². The summed E-state index contributed by atoms with van der Waals surface area (Å²) in [7, 11) is 0. The Morgan fingerprint density at radius 2 is 2.19 bits per heavy atom. The van der Waals surface area contributed by atoms with Crippen LogP contribution in [-0.4, -0.2) is 38.4 Å². The second-order valence-electron chi connectivity index (χ2n) is 8.21. The van der Waals surface area contributed by atoms with Crippen LogP contribution in [0.15, 0.2) is 22.6 Å². The minimum absolute atomic E-state index is 0.0689. The van der Waals surface area contributed by atoms with E-state index >= 15 is 0 Å². The lowest BCUT2D eigenvalue weighted by Crippen LogP contribution is -2.48. The average molecular weight is 373 g/mol. The molecule has 2 aliphatic heterocycles. The van der Waals surface area contributed by atoms with Crippen LogP contribution in [0.3, 0.4) is 0 Å². The summed E-state index contributed by atoms with van der Waals surface area (Å²) in [6, 6.07) is 5.03. The van der Waals surface area contributed by atoms with Gasteiger partial charge in [-0.3, -0.25) is 9.59 Å². The Labute approximate surface area is 156 Å². The van der Waals surface area contributed by atoms with E-state index in [1.807, 2.05) is 45.9 Å². The Morgan fingerprint density at radius 1 is 1.42 bits per heavy atom. The number of hydrogen-bond acceptors (Lipinski definition) is 5. The first-order valence-electron chi connectivity index (χ1n) is 8.85. The molecule has 2 amide bonds. The minimum Gasteiger partial charge on any atom is -0.440 e. The van der Waals surface area contributed by atoms with Crippen LogP contribution in [0.5, 0.6) is 0 Å². The molecule has 1 N–H and O–H groups in total. The number of aromatic nitrogens is 1. The van der Waals surface area contributed by atoms with Crippen molar-refractivity contribution in [3.63, 3.8) is 0 Å². The van der Waals surface area contributed by atoms with Gasteiger partial charge in [-0.05, 0) is 31.5 Å². The molecule has 0 unspecified atom stereocenters. The van der Waals surface area contributed by atoms with Crippen LogP contribution in [0.2, 0.25) is 0 Å². The minimum atomic E-state index is -0.418.